The minimum atomic E-state index is -0.874. The van der Waals surface area contributed by atoms with Crippen LogP contribution < -0.4 is 4.90 Å². The van der Waals surface area contributed by atoms with Gasteiger partial charge in [0, 0.05) is 24.5 Å². The monoisotopic (exact) mass is 221 g/mol. The first-order valence-corrected chi connectivity index (χ1v) is 5.10. The number of benzene rings is 1. The van der Waals surface area contributed by atoms with Crippen LogP contribution in [0.4, 0.5) is 14.6 Å². The smallest absolute Gasteiger partial charge is 0.161 e. The van der Waals surface area contributed by atoms with Gasteiger partial charge in [-0.3, -0.25) is 0 Å². The summed E-state index contributed by atoms with van der Waals surface area (Å²) in [6.07, 6.45) is 2.49. The fourth-order valence-electron chi connectivity index (χ4n) is 1.82. The molecule has 0 aliphatic carbocycles. The zero-order valence-corrected chi connectivity index (χ0v) is 8.45. The first-order valence-electron chi connectivity index (χ1n) is 5.10. The van der Waals surface area contributed by atoms with Crippen molar-refractivity contribution in [3.63, 3.8) is 0 Å². The number of anilines is 1. The van der Waals surface area contributed by atoms with E-state index in [9.17, 15) is 8.78 Å². The molecule has 5 heteroatoms. The van der Waals surface area contributed by atoms with Crippen molar-refractivity contribution in [3.05, 3.63) is 30.1 Å². The van der Waals surface area contributed by atoms with Crippen LogP contribution in [-0.2, 0) is 0 Å². The summed E-state index contributed by atoms with van der Waals surface area (Å²) in [6.45, 7) is 1.82. The maximum absolute atomic E-state index is 13.2. The molecule has 0 spiro atoms. The number of rotatable bonds is 1. The quantitative estimate of drug-likeness (QED) is 0.738. The average molecular weight is 221 g/mol. The Morgan fingerprint density at radius 1 is 1.06 bits per heavy atom. The van der Waals surface area contributed by atoms with Gasteiger partial charge in [0.25, 0.3) is 0 Å². The molecule has 0 radical (unpaired) electrons. The Morgan fingerprint density at radius 3 is 2.50 bits per heavy atom. The topological polar surface area (TPSA) is 29.0 Å². The van der Waals surface area contributed by atoms with Crippen LogP contribution >= 0.6 is 0 Å². The lowest BCUT2D eigenvalue weighted by atomic mass is 10.1. The molecule has 1 aliphatic rings. The highest BCUT2D eigenvalue weighted by Gasteiger charge is 2.19. The molecular formula is C11H9F2N3. The zero-order valence-electron chi connectivity index (χ0n) is 8.45. The van der Waals surface area contributed by atoms with Crippen LogP contribution in [0.15, 0.2) is 18.5 Å². The minimum absolute atomic E-state index is 0.441. The summed E-state index contributed by atoms with van der Waals surface area (Å²) in [5.41, 5.74) is 0.441. The molecule has 1 aliphatic heterocycles. The molecule has 2 heterocycles. The van der Waals surface area contributed by atoms with Gasteiger partial charge >= 0.3 is 0 Å². The van der Waals surface area contributed by atoms with E-state index in [0.29, 0.717) is 16.7 Å². The maximum Gasteiger partial charge on any atom is 0.161 e. The van der Waals surface area contributed by atoms with Gasteiger partial charge in [-0.05, 0) is 12.5 Å². The summed E-state index contributed by atoms with van der Waals surface area (Å²) >= 11 is 0. The van der Waals surface area contributed by atoms with E-state index in [1.165, 1.54) is 12.4 Å². The molecular weight excluding hydrogens is 212 g/mol. The molecule has 0 saturated carbocycles. The van der Waals surface area contributed by atoms with Crippen LogP contribution in [0.3, 0.4) is 0 Å². The van der Waals surface area contributed by atoms with Crippen LogP contribution in [0.1, 0.15) is 6.42 Å². The highest BCUT2D eigenvalue weighted by molar-refractivity contribution is 5.89. The van der Waals surface area contributed by atoms with Crippen molar-refractivity contribution in [1.29, 1.82) is 0 Å². The molecule has 0 amide bonds. The number of hydrogen-bond donors (Lipinski definition) is 0. The van der Waals surface area contributed by atoms with Gasteiger partial charge in [-0.2, -0.15) is 0 Å². The third-order valence-corrected chi connectivity index (χ3v) is 2.81. The Morgan fingerprint density at radius 2 is 1.81 bits per heavy atom. The van der Waals surface area contributed by atoms with Crippen molar-refractivity contribution in [2.24, 2.45) is 0 Å². The Bertz CT molecular complexity index is 552. The molecule has 3 nitrogen and oxygen atoms in total. The Labute approximate surface area is 90.7 Å². The maximum atomic E-state index is 13.2. The summed E-state index contributed by atoms with van der Waals surface area (Å²) in [5, 5.41) is 0.570. The predicted octanol–water partition coefficient (Wildman–Crippen LogP) is 2.12. The third-order valence-electron chi connectivity index (χ3n) is 2.81. The summed E-state index contributed by atoms with van der Waals surface area (Å²) in [4.78, 5) is 10.1. The first-order chi connectivity index (χ1) is 7.75. The van der Waals surface area contributed by atoms with Crippen molar-refractivity contribution >= 4 is 16.7 Å². The van der Waals surface area contributed by atoms with E-state index in [0.717, 1.165) is 25.6 Å². The van der Waals surface area contributed by atoms with Crippen LogP contribution in [0.5, 0.6) is 0 Å². The SMILES string of the molecule is Fc1cc2ncnc(N3CCC3)c2cc1F. The van der Waals surface area contributed by atoms with Gasteiger partial charge in [0.1, 0.15) is 12.1 Å². The van der Waals surface area contributed by atoms with Gasteiger partial charge in [-0.1, -0.05) is 0 Å². The van der Waals surface area contributed by atoms with E-state index >= 15 is 0 Å². The molecule has 1 fully saturated rings. The second-order valence-electron chi connectivity index (χ2n) is 3.82. The number of aromatic nitrogens is 2. The Balaban J connectivity index is 2.24. The molecule has 0 atom stereocenters. The van der Waals surface area contributed by atoms with Gasteiger partial charge < -0.3 is 4.90 Å². The molecule has 82 valence electrons. The summed E-state index contributed by atoms with van der Waals surface area (Å²) < 4.78 is 26.2. The minimum Gasteiger partial charge on any atom is -0.356 e. The molecule has 2 aromatic rings. The van der Waals surface area contributed by atoms with E-state index in [1.54, 1.807) is 0 Å². The third kappa shape index (κ3) is 1.31. The fraction of sp³-hybridized carbons (Fsp3) is 0.273. The number of halogens is 2. The van der Waals surface area contributed by atoms with E-state index < -0.39 is 11.6 Å². The standard InChI is InChI=1S/C11H9F2N3/c12-8-4-7-10(5-9(8)13)14-6-15-11(7)16-2-1-3-16/h4-6H,1-3H2. The lowest BCUT2D eigenvalue weighted by Crippen LogP contribution is -2.37. The average Bonchev–Trinajstić information content (AvgIpc) is 2.18. The Kier molecular flexibility index (Phi) is 1.99. The molecule has 1 saturated heterocycles. The number of nitrogens with zero attached hydrogens (tertiary/aromatic N) is 3. The second-order valence-corrected chi connectivity index (χ2v) is 3.82. The lowest BCUT2D eigenvalue weighted by Gasteiger charge is -2.32. The molecule has 0 unspecified atom stereocenters. The summed E-state index contributed by atoms with van der Waals surface area (Å²) in [5.74, 6) is -1.04. The van der Waals surface area contributed by atoms with Crippen molar-refractivity contribution in [2.75, 3.05) is 18.0 Å². The van der Waals surface area contributed by atoms with Crippen LogP contribution in [0, 0.1) is 11.6 Å². The zero-order chi connectivity index (χ0) is 11.1. The number of hydrogen-bond acceptors (Lipinski definition) is 3. The normalized spacial score (nSPS) is 15.2. The fourth-order valence-corrected chi connectivity index (χ4v) is 1.82. The summed E-state index contributed by atoms with van der Waals surface area (Å²) in [7, 11) is 0. The molecule has 1 aromatic heterocycles. The van der Waals surface area contributed by atoms with Crippen LogP contribution in [-0.4, -0.2) is 23.1 Å². The second kappa shape index (κ2) is 3.37. The van der Waals surface area contributed by atoms with Gasteiger partial charge in [-0.25, -0.2) is 18.7 Å². The van der Waals surface area contributed by atoms with Gasteiger partial charge in [0.05, 0.1) is 5.52 Å². The molecule has 3 rings (SSSR count). The highest BCUT2D eigenvalue weighted by Crippen LogP contribution is 2.27. The van der Waals surface area contributed by atoms with E-state index in [-0.39, 0.29) is 0 Å². The lowest BCUT2D eigenvalue weighted by molar-refractivity contribution is 0.510. The van der Waals surface area contributed by atoms with E-state index in [4.69, 9.17) is 0 Å². The van der Waals surface area contributed by atoms with Crippen LogP contribution in [0.2, 0.25) is 0 Å². The van der Waals surface area contributed by atoms with Gasteiger partial charge in [0.2, 0.25) is 0 Å². The van der Waals surface area contributed by atoms with Crippen molar-refractivity contribution in [1.82, 2.24) is 9.97 Å². The first kappa shape index (κ1) is 9.45. The number of fused-ring (bicyclic) bond motifs is 1. The molecule has 0 N–H and O–H groups in total. The molecule has 16 heavy (non-hydrogen) atoms. The van der Waals surface area contributed by atoms with Crippen molar-refractivity contribution in [2.45, 2.75) is 6.42 Å². The van der Waals surface area contributed by atoms with Gasteiger partial charge in [-0.15, -0.1) is 0 Å². The molecule has 0 bridgehead atoms. The van der Waals surface area contributed by atoms with E-state index in [2.05, 4.69) is 9.97 Å². The van der Waals surface area contributed by atoms with E-state index in [1.807, 2.05) is 4.90 Å². The van der Waals surface area contributed by atoms with Gasteiger partial charge in [0.15, 0.2) is 11.6 Å². The van der Waals surface area contributed by atoms with Crippen molar-refractivity contribution < 1.29 is 8.78 Å². The van der Waals surface area contributed by atoms with Crippen molar-refractivity contribution in [3.8, 4) is 0 Å². The van der Waals surface area contributed by atoms with Crippen LogP contribution in [0.25, 0.3) is 10.9 Å². The Hall–Kier alpha value is -1.78. The highest BCUT2D eigenvalue weighted by atomic mass is 19.2. The molecule has 1 aromatic carbocycles. The largest absolute Gasteiger partial charge is 0.356 e. The predicted molar refractivity (Wildman–Crippen MR) is 56.3 cm³/mol. The summed E-state index contributed by atoms with van der Waals surface area (Å²) in [6, 6.07) is 2.27.